The van der Waals surface area contributed by atoms with Gasteiger partial charge in [0, 0.05) is 12.1 Å². The van der Waals surface area contributed by atoms with E-state index in [1.165, 1.54) is 37.7 Å². The summed E-state index contributed by atoms with van der Waals surface area (Å²) in [7, 11) is 4.38. The zero-order valence-electron chi connectivity index (χ0n) is 15.7. The molecule has 0 aromatic heterocycles. The molecule has 1 aromatic rings. The largest absolute Gasteiger partial charge is 1.00 e. The number of rotatable bonds is 12. The van der Waals surface area contributed by atoms with Crippen LogP contribution in [0.5, 0.6) is 0 Å². The standard InChI is InChI=1S/C20H34N2O.FH/c1-4-5-6-7-8-12-16-21-20(23)15-17-22(2,3)18-19-13-10-9-11-14-19;/h9-11,13-14H,4-8,12,15-18H2,1-3H3;1H. The molecule has 0 heterocycles. The number of halogens is 1. The summed E-state index contributed by atoms with van der Waals surface area (Å²) >= 11 is 0. The maximum Gasteiger partial charge on any atom is 0.225 e. The third kappa shape index (κ3) is 11.2. The van der Waals surface area contributed by atoms with E-state index in [-0.39, 0.29) is 10.6 Å². The first kappa shape index (κ1) is 22.6. The Labute approximate surface area is 147 Å². The molecule has 0 saturated heterocycles. The Bertz CT molecular complexity index is 435. The van der Waals surface area contributed by atoms with E-state index < -0.39 is 0 Å². The zero-order valence-corrected chi connectivity index (χ0v) is 15.7. The highest BCUT2D eigenvalue weighted by Gasteiger charge is 2.17. The van der Waals surface area contributed by atoms with E-state index in [4.69, 9.17) is 0 Å². The maximum absolute atomic E-state index is 12.0. The number of carbonyl (C=O) groups is 1. The number of amides is 1. The molecule has 0 aliphatic rings. The molecule has 0 saturated carbocycles. The summed E-state index contributed by atoms with van der Waals surface area (Å²) in [5.74, 6) is 0.192. The molecule has 0 bridgehead atoms. The molecule has 0 unspecified atom stereocenters. The first-order chi connectivity index (χ1) is 11.0. The summed E-state index contributed by atoms with van der Waals surface area (Å²) in [4.78, 5) is 12.0. The second-order valence-corrected chi connectivity index (χ2v) is 7.17. The molecule has 24 heavy (non-hydrogen) atoms. The van der Waals surface area contributed by atoms with Gasteiger partial charge in [0.25, 0.3) is 0 Å². The summed E-state index contributed by atoms with van der Waals surface area (Å²) in [5.41, 5.74) is 1.32. The van der Waals surface area contributed by atoms with Gasteiger partial charge in [-0.3, -0.25) is 4.79 Å². The summed E-state index contributed by atoms with van der Waals surface area (Å²) in [6.45, 7) is 4.90. The van der Waals surface area contributed by atoms with E-state index >= 15 is 0 Å². The third-order valence-electron chi connectivity index (χ3n) is 4.25. The van der Waals surface area contributed by atoms with Crippen LogP contribution in [-0.4, -0.2) is 37.6 Å². The fraction of sp³-hybridized carbons (Fsp3) is 0.650. The molecule has 0 aliphatic carbocycles. The van der Waals surface area contributed by atoms with Crippen molar-refractivity contribution in [3.8, 4) is 0 Å². The van der Waals surface area contributed by atoms with Crippen LogP contribution in [0.3, 0.4) is 0 Å². The average Bonchev–Trinajstić information content (AvgIpc) is 2.53. The molecule has 3 nitrogen and oxygen atoms in total. The normalized spacial score (nSPS) is 11.0. The highest BCUT2D eigenvalue weighted by atomic mass is 19.0. The smallest absolute Gasteiger partial charge is 0.225 e. The molecule has 0 radical (unpaired) electrons. The van der Waals surface area contributed by atoms with Crippen LogP contribution in [0.2, 0.25) is 0 Å². The minimum Gasteiger partial charge on any atom is -1.00 e. The lowest BCUT2D eigenvalue weighted by atomic mass is 10.1. The van der Waals surface area contributed by atoms with Crippen LogP contribution in [0.1, 0.15) is 57.4 Å². The van der Waals surface area contributed by atoms with Gasteiger partial charge >= 0.3 is 0 Å². The highest BCUT2D eigenvalue weighted by molar-refractivity contribution is 5.75. The lowest BCUT2D eigenvalue weighted by molar-refractivity contribution is -0.903. The number of nitrogens with zero attached hydrogens (tertiary/aromatic N) is 1. The summed E-state index contributed by atoms with van der Waals surface area (Å²) in [6.07, 6.45) is 8.19. The second-order valence-electron chi connectivity index (χ2n) is 7.17. The Kier molecular flexibility index (Phi) is 12.2. The third-order valence-corrected chi connectivity index (χ3v) is 4.25. The SMILES string of the molecule is CCCCCCCCNC(=O)CC[N+](C)(C)Cc1ccccc1.[F-]. The number of hydrogen-bond acceptors (Lipinski definition) is 1. The summed E-state index contributed by atoms with van der Waals surface area (Å²) in [6, 6.07) is 10.5. The van der Waals surface area contributed by atoms with Gasteiger partial charge in [0.15, 0.2) is 0 Å². The Hall–Kier alpha value is -1.42. The zero-order chi connectivity index (χ0) is 17.0. The lowest BCUT2D eigenvalue weighted by Gasteiger charge is -2.29. The molecular weight excluding hydrogens is 303 g/mol. The predicted octanol–water partition coefficient (Wildman–Crippen LogP) is 1.13. The Morgan fingerprint density at radius 2 is 1.62 bits per heavy atom. The van der Waals surface area contributed by atoms with Crippen molar-refractivity contribution in [1.29, 1.82) is 0 Å². The number of benzene rings is 1. The summed E-state index contributed by atoms with van der Waals surface area (Å²) in [5, 5.41) is 3.06. The number of nitrogens with one attached hydrogen (secondary N) is 1. The van der Waals surface area contributed by atoms with E-state index in [1.807, 2.05) is 6.07 Å². The van der Waals surface area contributed by atoms with Gasteiger partial charge in [-0.1, -0.05) is 69.4 Å². The lowest BCUT2D eigenvalue weighted by Crippen LogP contribution is -3.00. The van der Waals surface area contributed by atoms with Gasteiger partial charge in [-0.25, -0.2) is 0 Å². The Morgan fingerprint density at radius 1 is 1.00 bits per heavy atom. The first-order valence-corrected chi connectivity index (χ1v) is 9.16. The molecular formula is C20H35FN2O. The number of quaternary nitrogens is 1. The van der Waals surface area contributed by atoms with E-state index in [1.54, 1.807) is 0 Å². The van der Waals surface area contributed by atoms with Crippen LogP contribution in [0.4, 0.5) is 0 Å². The van der Waals surface area contributed by atoms with Gasteiger partial charge in [0.2, 0.25) is 5.91 Å². The molecule has 0 fully saturated rings. The molecule has 1 N–H and O–H groups in total. The minimum absolute atomic E-state index is 0. The fourth-order valence-corrected chi connectivity index (χ4v) is 2.78. The Balaban J connectivity index is 0.00000529. The van der Waals surface area contributed by atoms with Crippen LogP contribution in [0.15, 0.2) is 30.3 Å². The predicted molar refractivity (Wildman–Crippen MR) is 98.1 cm³/mol. The van der Waals surface area contributed by atoms with E-state index in [9.17, 15) is 4.79 Å². The van der Waals surface area contributed by atoms with Crippen LogP contribution in [0, 0.1) is 0 Å². The minimum atomic E-state index is 0. The van der Waals surface area contributed by atoms with Crippen LogP contribution in [-0.2, 0) is 11.3 Å². The van der Waals surface area contributed by atoms with Gasteiger partial charge in [0.1, 0.15) is 6.54 Å². The molecule has 1 aromatic carbocycles. The first-order valence-electron chi connectivity index (χ1n) is 9.16. The summed E-state index contributed by atoms with van der Waals surface area (Å²) < 4.78 is 0.842. The van der Waals surface area contributed by atoms with Crippen molar-refractivity contribution in [1.82, 2.24) is 5.32 Å². The second kappa shape index (κ2) is 12.9. The van der Waals surface area contributed by atoms with Crippen molar-refractivity contribution < 1.29 is 14.0 Å². The van der Waals surface area contributed by atoms with Gasteiger partial charge in [-0.05, 0) is 6.42 Å². The number of unbranched alkanes of at least 4 members (excludes halogenated alkanes) is 5. The molecule has 0 atom stereocenters. The van der Waals surface area contributed by atoms with Gasteiger partial charge < -0.3 is 14.5 Å². The van der Waals surface area contributed by atoms with Crippen molar-refractivity contribution in [2.45, 2.75) is 58.4 Å². The van der Waals surface area contributed by atoms with E-state index in [0.29, 0.717) is 6.42 Å². The van der Waals surface area contributed by atoms with Gasteiger partial charge in [-0.2, -0.15) is 0 Å². The van der Waals surface area contributed by atoms with Crippen LogP contribution < -0.4 is 10.0 Å². The van der Waals surface area contributed by atoms with Gasteiger partial charge in [0.05, 0.1) is 27.1 Å². The maximum atomic E-state index is 12.0. The van der Waals surface area contributed by atoms with Crippen molar-refractivity contribution in [3.63, 3.8) is 0 Å². The quantitative estimate of drug-likeness (QED) is 0.449. The van der Waals surface area contributed by atoms with Gasteiger partial charge in [-0.15, -0.1) is 0 Å². The Morgan fingerprint density at radius 3 is 2.29 bits per heavy atom. The molecule has 1 rings (SSSR count). The topological polar surface area (TPSA) is 29.1 Å². The highest BCUT2D eigenvalue weighted by Crippen LogP contribution is 2.10. The van der Waals surface area contributed by atoms with Crippen molar-refractivity contribution >= 4 is 5.91 Å². The van der Waals surface area contributed by atoms with E-state index in [2.05, 4.69) is 50.6 Å². The average molecular weight is 339 g/mol. The van der Waals surface area contributed by atoms with E-state index in [0.717, 1.165) is 30.5 Å². The molecule has 1 amide bonds. The monoisotopic (exact) mass is 338 g/mol. The molecule has 4 heteroatoms. The number of hydrogen-bond donors (Lipinski definition) is 1. The van der Waals surface area contributed by atoms with Crippen LogP contribution in [0.25, 0.3) is 0 Å². The van der Waals surface area contributed by atoms with Crippen molar-refractivity contribution in [2.75, 3.05) is 27.2 Å². The molecule has 0 aliphatic heterocycles. The number of carbonyl (C=O) groups excluding carboxylic acids is 1. The molecule has 138 valence electrons. The molecule has 0 spiro atoms. The fourth-order valence-electron chi connectivity index (χ4n) is 2.78. The van der Waals surface area contributed by atoms with Crippen molar-refractivity contribution in [3.05, 3.63) is 35.9 Å². The van der Waals surface area contributed by atoms with Crippen molar-refractivity contribution in [2.24, 2.45) is 0 Å². The van der Waals surface area contributed by atoms with Crippen LogP contribution >= 0.6 is 0 Å².